The van der Waals surface area contributed by atoms with Crippen molar-refractivity contribution in [3.63, 3.8) is 0 Å². The first-order chi connectivity index (χ1) is 10.6. The maximum absolute atomic E-state index is 8.90. The molecule has 0 unspecified atom stereocenters. The normalized spacial score (nSPS) is 11.5. The highest BCUT2D eigenvalue weighted by Crippen LogP contribution is 2.13. The summed E-state index contributed by atoms with van der Waals surface area (Å²) in [5.41, 5.74) is 0. The minimum atomic E-state index is 0. The Morgan fingerprint density at radius 2 is 0.913 bits per heavy atom. The van der Waals surface area contributed by atoms with Crippen LogP contribution in [-0.2, 0) is 0 Å². The van der Waals surface area contributed by atoms with E-state index in [0.717, 1.165) is 17.4 Å². The average molecular weight is 350 g/mol. The molecule has 0 amide bonds. The van der Waals surface area contributed by atoms with E-state index in [1.54, 1.807) is 0 Å². The minimum Gasteiger partial charge on any atom is -1.00 e. The second kappa shape index (κ2) is 18.5. The number of unbranched alkanes of at least 4 members (excludes halogenated alkanes) is 12. The van der Waals surface area contributed by atoms with Gasteiger partial charge in [0.1, 0.15) is 0 Å². The Bertz CT molecular complexity index is 222. The van der Waals surface area contributed by atoms with Crippen LogP contribution >= 0.6 is 0 Å². The molecule has 0 radical (unpaired) electrons. The van der Waals surface area contributed by atoms with Crippen molar-refractivity contribution < 1.29 is 22.0 Å². The zero-order valence-corrected chi connectivity index (χ0v) is 17.0. The molecule has 0 aliphatic rings. The van der Waals surface area contributed by atoms with Crippen LogP contribution < -0.4 is 12.4 Å². The van der Waals surface area contributed by atoms with Crippen molar-refractivity contribution in [1.82, 2.24) is 0 Å². The van der Waals surface area contributed by atoms with Crippen LogP contribution in [0.25, 0.3) is 0 Å². The molecule has 1 N–H and O–H groups in total. The van der Waals surface area contributed by atoms with Crippen LogP contribution in [0.5, 0.6) is 0 Å². The Balaban J connectivity index is 0. The van der Waals surface area contributed by atoms with Gasteiger partial charge in [0.15, 0.2) is 0 Å². The molecule has 0 aromatic carbocycles. The van der Waals surface area contributed by atoms with Crippen molar-refractivity contribution in [1.29, 1.82) is 0 Å². The first-order valence-electron chi connectivity index (χ1n) is 10.1. The van der Waals surface area contributed by atoms with Gasteiger partial charge in [0.05, 0.1) is 27.2 Å². The lowest BCUT2D eigenvalue weighted by atomic mass is 10.0. The molecule has 0 saturated heterocycles. The van der Waals surface area contributed by atoms with Crippen LogP contribution in [-0.4, -0.2) is 43.4 Å². The third kappa shape index (κ3) is 20.2. The number of aliphatic hydroxyl groups is 1. The van der Waals surface area contributed by atoms with Gasteiger partial charge in [-0.25, -0.2) is 0 Å². The quantitative estimate of drug-likeness (QED) is 0.316. The first kappa shape index (κ1) is 25.5. The largest absolute Gasteiger partial charge is 1.00 e. The lowest BCUT2D eigenvalue weighted by Crippen LogP contribution is -3.00. The Morgan fingerprint density at radius 1 is 0.565 bits per heavy atom. The van der Waals surface area contributed by atoms with Crippen molar-refractivity contribution in [2.24, 2.45) is 0 Å². The van der Waals surface area contributed by atoms with E-state index in [-0.39, 0.29) is 12.4 Å². The SMILES string of the molecule is CCCCCCCCCCCCCCC[N+](C)(C)CCCO.[Cl-]. The van der Waals surface area contributed by atoms with Gasteiger partial charge >= 0.3 is 0 Å². The highest BCUT2D eigenvalue weighted by molar-refractivity contribution is 4.49. The maximum atomic E-state index is 8.90. The van der Waals surface area contributed by atoms with Gasteiger partial charge in [-0.3, -0.25) is 0 Å². The van der Waals surface area contributed by atoms with Crippen LogP contribution in [0.15, 0.2) is 0 Å². The predicted molar refractivity (Wildman–Crippen MR) is 99.2 cm³/mol. The molecule has 0 fully saturated rings. The lowest BCUT2D eigenvalue weighted by molar-refractivity contribution is -0.890. The standard InChI is InChI=1S/C20H44NO.ClH/c1-4-5-6-7-8-9-10-11-12-13-14-15-16-18-21(2,3)19-17-20-22;/h22H,4-20H2,1-3H3;1H/q+1;/p-1. The summed E-state index contributed by atoms with van der Waals surface area (Å²) in [5, 5.41) is 8.90. The summed E-state index contributed by atoms with van der Waals surface area (Å²) >= 11 is 0. The maximum Gasteiger partial charge on any atom is 0.0804 e. The smallest absolute Gasteiger partial charge is 0.0804 e. The number of hydrogen-bond donors (Lipinski definition) is 1. The summed E-state index contributed by atoms with van der Waals surface area (Å²) in [4.78, 5) is 0. The average Bonchev–Trinajstić information content (AvgIpc) is 2.50. The molecule has 0 bridgehead atoms. The first-order valence-corrected chi connectivity index (χ1v) is 10.1. The topological polar surface area (TPSA) is 20.2 Å². The van der Waals surface area contributed by atoms with Gasteiger partial charge in [0, 0.05) is 13.0 Å². The third-order valence-corrected chi connectivity index (χ3v) is 4.79. The van der Waals surface area contributed by atoms with Gasteiger partial charge in [-0.1, -0.05) is 77.6 Å². The van der Waals surface area contributed by atoms with Gasteiger partial charge in [0.25, 0.3) is 0 Å². The van der Waals surface area contributed by atoms with E-state index in [1.807, 2.05) is 0 Å². The molecule has 23 heavy (non-hydrogen) atoms. The molecule has 2 nitrogen and oxygen atoms in total. The number of aliphatic hydroxyl groups excluding tert-OH is 1. The monoisotopic (exact) mass is 349 g/mol. The summed E-state index contributed by atoms with van der Waals surface area (Å²) < 4.78 is 1.07. The number of quaternary nitrogens is 1. The van der Waals surface area contributed by atoms with Crippen molar-refractivity contribution in [2.45, 2.75) is 96.8 Å². The van der Waals surface area contributed by atoms with Crippen LogP contribution in [0.3, 0.4) is 0 Å². The molecule has 0 saturated carbocycles. The summed E-state index contributed by atoms with van der Waals surface area (Å²) in [6.45, 7) is 4.99. The van der Waals surface area contributed by atoms with Crippen molar-refractivity contribution in [3.05, 3.63) is 0 Å². The zero-order valence-electron chi connectivity index (χ0n) is 16.3. The number of halogens is 1. The van der Waals surface area contributed by atoms with E-state index in [9.17, 15) is 0 Å². The van der Waals surface area contributed by atoms with Crippen molar-refractivity contribution in [3.8, 4) is 0 Å². The van der Waals surface area contributed by atoms with Crippen LogP contribution in [0, 0.1) is 0 Å². The second-order valence-electron chi connectivity index (χ2n) is 7.70. The number of nitrogens with zero attached hydrogens (tertiary/aromatic N) is 1. The van der Waals surface area contributed by atoms with E-state index in [2.05, 4.69) is 21.0 Å². The number of rotatable bonds is 17. The van der Waals surface area contributed by atoms with Gasteiger partial charge in [-0.2, -0.15) is 0 Å². The summed E-state index contributed by atoms with van der Waals surface area (Å²) in [6, 6.07) is 0. The fourth-order valence-electron chi connectivity index (χ4n) is 3.17. The van der Waals surface area contributed by atoms with Crippen molar-refractivity contribution >= 4 is 0 Å². The summed E-state index contributed by atoms with van der Waals surface area (Å²) in [5.74, 6) is 0. The van der Waals surface area contributed by atoms with E-state index in [4.69, 9.17) is 5.11 Å². The van der Waals surface area contributed by atoms with Gasteiger partial charge in [0.2, 0.25) is 0 Å². The highest BCUT2D eigenvalue weighted by Gasteiger charge is 2.12. The fraction of sp³-hybridized carbons (Fsp3) is 1.00. The van der Waals surface area contributed by atoms with E-state index < -0.39 is 0 Å². The van der Waals surface area contributed by atoms with Gasteiger partial charge in [-0.05, 0) is 12.8 Å². The molecule has 0 atom stereocenters. The lowest BCUT2D eigenvalue weighted by Gasteiger charge is -2.29. The van der Waals surface area contributed by atoms with Crippen LogP contribution in [0.2, 0.25) is 0 Å². The molecule has 0 aromatic rings. The van der Waals surface area contributed by atoms with Crippen molar-refractivity contribution in [2.75, 3.05) is 33.8 Å². The van der Waals surface area contributed by atoms with E-state index in [0.29, 0.717) is 6.61 Å². The van der Waals surface area contributed by atoms with E-state index in [1.165, 1.54) is 90.0 Å². The van der Waals surface area contributed by atoms with Crippen LogP contribution in [0.4, 0.5) is 0 Å². The molecular formula is C20H44ClNO. The molecule has 0 spiro atoms. The Morgan fingerprint density at radius 3 is 1.30 bits per heavy atom. The molecular weight excluding hydrogens is 306 g/mol. The van der Waals surface area contributed by atoms with E-state index >= 15 is 0 Å². The molecule has 0 aliphatic heterocycles. The molecule has 0 aromatic heterocycles. The Hall–Kier alpha value is 0.210. The third-order valence-electron chi connectivity index (χ3n) is 4.79. The zero-order chi connectivity index (χ0) is 16.5. The second-order valence-corrected chi connectivity index (χ2v) is 7.70. The predicted octanol–water partition coefficient (Wildman–Crippen LogP) is 2.54. The van der Waals surface area contributed by atoms with Gasteiger partial charge < -0.3 is 22.0 Å². The number of hydrogen-bond acceptors (Lipinski definition) is 1. The Labute approximate surface area is 153 Å². The molecule has 3 heteroatoms. The molecule has 0 heterocycles. The molecule has 0 aliphatic carbocycles. The molecule has 0 rings (SSSR count). The Kier molecular flexibility index (Phi) is 20.5. The highest BCUT2D eigenvalue weighted by atomic mass is 35.5. The minimum absolute atomic E-state index is 0. The fourth-order valence-corrected chi connectivity index (χ4v) is 3.17. The summed E-state index contributed by atoms with van der Waals surface area (Å²) in [7, 11) is 4.58. The molecule has 142 valence electrons. The summed E-state index contributed by atoms with van der Waals surface area (Å²) in [6.07, 6.45) is 19.5. The van der Waals surface area contributed by atoms with Gasteiger partial charge in [-0.15, -0.1) is 0 Å². The van der Waals surface area contributed by atoms with Crippen LogP contribution in [0.1, 0.15) is 96.8 Å².